The van der Waals surface area contributed by atoms with E-state index in [0.717, 1.165) is 17.0 Å². The monoisotopic (exact) mass is 398 g/mol. The summed E-state index contributed by atoms with van der Waals surface area (Å²) in [5.41, 5.74) is 1.98. The van der Waals surface area contributed by atoms with E-state index in [1.807, 2.05) is 24.3 Å². The molecule has 2 aromatic carbocycles. The van der Waals surface area contributed by atoms with Crippen molar-refractivity contribution in [3.05, 3.63) is 83.6 Å². The Morgan fingerprint density at radius 3 is 2.76 bits per heavy atom. The highest BCUT2D eigenvalue weighted by Gasteiger charge is 2.32. The molecule has 0 spiro atoms. The summed E-state index contributed by atoms with van der Waals surface area (Å²) in [6, 6.07) is 11.6. The molecule has 2 aromatic heterocycles. The van der Waals surface area contributed by atoms with Crippen molar-refractivity contribution in [3.8, 4) is 0 Å². The number of nitrogens with zero attached hydrogens (tertiary/aromatic N) is 2. The van der Waals surface area contributed by atoms with E-state index in [0.29, 0.717) is 17.8 Å². The van der Waals surface area contributed by atoms with E-state index in [1.54, 1.807) is 17.0 Å². The lowest BCUT2D eigenvalue weighted by molar-refractivity contribution is -0.138. The van der Waals surface area contributed by atoms with Crippen LogP contribution in [0.25, 0.3) is 10.9 Å². The molecule has 148 valence electrons. The number of amides is 1. The van der Waals surface area contributed by atoms with Crippen LogP contribution in [0.4, 0.5) is 18.9 Å². The van der Waals surface area contributed by atoms with Crippen LogP contribution in [-0.2, 0) is 12.7 Å². The van der Waals surface area contributed by atoms with Crippen molar-refractivity contribution in [2.24, 2.45) is 0 Å². The molecule has 5 nitrogen and oxygen atoms in total. The number of aryl methyl sites for hydroxylation is 1. The summed E-state index contributed by atoms with van der Waals surface area (Å²) < 4.78 is 40.3. The molecule has 8 heteroatoms. The van der Waals surface area contributed by atoms with Crippen molar-refractivity contribution in [1.29, 1.82) is 0 Å². The van der Waals surface area contributed by atoms with E-state index < -0.39 is 11.7 Å². The summed E-state index contributed by atoms with van der Waals surface area (Å²) in [5.74, 6) is -0.364. The molecule has 4 aromatic rings. The number of nitrogens with one attached hydrogen (secondary N) is 2. The third-order valence-corrected chi connectivity index (χ3v) is 4.66. The van der Waals surface area contributed by atoms with Crippen molar-refractivity contribution >= 4 is 22.5 Å². The molecule has 0 saturated carbocycles. The van der Waals surface area contributed by atoms with Crippen molar-refractivity contribution < 1.29 is 18.0 Å². The Kier molecular flexibility index (Phi) is 4.62. The Hall–Kier alpha value is -3.55. The van der Waals surface area contributed by atoms with Crippen LogP contribution in [0.1, 0.15) is 27.2 Å². The van der Waals surface area contributed by atoms with Gasteiger partial charge in [0.25, 0.3) is 5.91 Å². The van der Waals surface area contributed by atoms with Gasteiger partial charge in [-0.2, -0.15) is 13.2 Å². The highest BCUT2D eigenvalue weighted by molar-refractivity contribution is 6.07. The maximum atomic E-state index is 12.9. The molecule has 0 aliphatic heterocycles. The summed E-state index contributed by atoms with van der Waals surface area (Å²) in [5, 5.41) is 3.71. The highest BCUT2D eigenvalue weighted by Crippen LogP contribution is 2.32. The summed E-state index contributed by atoms with van der Waals surface area (Å²) >= 11 is 0. The van der Waals surface area contributed by atoms with Crippen LogP contribution in [0.2, 0.25) is 0 Å². The standard InChI is InChI=1S/C21H17F3N4O/c1-13-8-14(6-7-16(13)21(22,23)24)10-28-11-19(26-12-28)20(29)27-18-9-25-17-5-3-2-4-15(17)18/h2-9,11-12,25H,10H2,1H3,(H,27,29). The number of aromatic nitrogens is 3. The fraction of sp³-hybridized carbons (Fsp3) is 0.143. The predicted molar refractivity (Wildman–Crippen MR) is 104 cm³/mol. The van der Waals surface area contributed by atoms with E-state index in [-0.39, 0.29) is 17.2 Å². The lowest BCUT2D eigenvalue weighted by Gasteiger charge is -2.11. The molecule has 0 unspecified atom stereocenters. The minimum atomic E-state index is -4.37. The molecule has 2 heterocycles. The van der Waals surface area contributed by atoms with E-state index in [9.17, 15) is 18.0 Å². The van der Waals surface area contributed by atoms with Gasteiger partial charge in [0.05, 0.1) is 17.6 Å². The van der Waals surface area contributed by atoms with Crippen LogP contribution < -0.4 is 5.32 Å². The SMILES string of the molecule is Cc1cc(Cn2cnc(C(=O)Nc3c[nH]c4ccccc34)c2)ccc1C(F)(F)F. The third-order valence-electron chi connectivity index (χ3n) is 4.66. The van der Waals surface area contributed by atoms with Crippen molar-refractivity contribution in [1.82, 2.24) is 14.5 Å². The highest BCUT2D eigenvalue weighted by atomic mass is 19.4. The molecule has 0 atom stereocenters. The lowest BCUT2D eigenvalue weighted by atomic mass is 10.0. The Labute approximate surface area is 164 Å². The van der Waals surface area contributed by atoms with E-state index >= 15 is 0 Å². The Morgan fingerprint density at radius 1 is 1.21 bits per heavy atom. The first kappa shape index (κ1) is 18.8. The average molecular weight is 398 g/mol. The fourth-order valence-electron chi connectivity index (χ4n) is 3.28. The van der Waals surface area contributed by atoms with Crippen LogP contribution in [0.5, 0.6) is 0 Å². The number of hydrogen-bond acceptors (Lipinski definition) is 2. The first-order chi connectivity index (χ1) is 13.8. The van der Waals surface area contributed by atoms with Gasteiger partial charge in [0, 0.05) is 29.8 Å². The normalized spacial score (nSPS) is 11.7. The second-order valence-electron chi connectivity index (χ2n) is 6.78. The maximum absolute atomic E-state index is 12.9. The van der Waals surface area contributed by atoms with E-state index in [1.165, 1.54) is 25.4 Å². The van der Waals surface area contributed by atoms with Crippen molar-refractivity contribution in [2.45, 2.75) is 19.6 Å². The molecule has 0 bridgehead atoms. The molecule has 2 N–H and O–H groups in total. The van der Waals surface area contributed by atoms with Crippen LogP contribution in [0.3, 0.4) is 0 Å². The molecule has 29 heavy (non-hydrogen) atoms. The molecule has 0 aliphatic rings. The first-order valence-electron chi connectivity index (χ1n) is 8.87. The number of fused-ring (bicyclic) bond motifs is 1. The summed E-state index contributed by atoms with van der Waals surface area (Å²) in [4.78, 5) is 19.7. The number of rotatable bonds is 4. The van der Waals surface area contributed by atoms with Gasteiger partial charge in [0.2, 0.25) is 0 Å². The quantitative estimate of drug-likeness (QED) is 0.509. The minimum Gasteiger partial charge on any atom is -0.359 e. The van der Waals surface area contributed by atoms with Gasteiger partial charge in [-0.1, -0.05) is 30.3 Å². The molecule has 0 aliphatic carbocycles. The number of carbonyl (C=O) groups is 1. The maximum Gasteiger partial charge on any atom is 0.416 e. The molecule has 0 fully saturated rings. The fourth-order valence-corrected chi connectivity index (χ4v) is 3.28. The number of carbonyl (C=O) groups excluding carboxylic acids is 1. The number of hydrogen-bond donors (Lipinski definition) is 2. The van der Waals surface area contributed by atoms with Gasteiger partial charge in [0.1, 0.15) is 5.69 Å². The number of aromatic amines is 1. The van der Waals surface area contributed by atoms with E-state index in [2.05, 4.69) is 15.3 Å². The number of H-pyrrole nitrogens is 1. The topological polar surface area (TPSA) is 62.7 Å². The van der Waals surface area contributed by atoms with Gasteiger partial charge < -0.3 is 14.9 Å². The number of benzene rings is 2. The van der Waals surface area contributed by atoms with E-state index in [4.69, 9.17) is 0 Å². The lowest BCUT2D eigenvalue weighted by Crippen LogP contribution is -2.12. The number of alkyl halides is 3. The Morgan fingerprint density at radius 2 is 2.00 bits per heavy atom. The van der Waals surface area contributed by atoms with Gasteiger partial charge in [0.15, 0.2) is 0 Å². The molecular weight excluding hydrogens is 381 g/mol. The third kappa shape index (κ3) is 3.87. The van der Waals surface area contributed by atoms with Crippen LogP contribution >= 0.6 is 0 Å². The average Bonchev–Trinajstić information content (AvgIpc) is 3.28. The minimum absolute atomic E-state index is 0.160. The largest absolute Gasteiger partial charge is 0.416 e. The first-order valence-corrected chi connectivity index (χ1v) is 8.87. The molecule has 4 rings (SSSR count). The summed E-state index contributed by atoms with van der Waals surface area (Å²) in [6.07, 6.45) is 0.393. The van der Waals surface area contributed by atoms with Gasteiger partial charge in [-0.05, 0) is 30.2 Å². The van der Waals surface area contributed by atoms with Crippen LogP contribution in [0.15, 0.2) is 61.2 Å². The van der Waals surface area contributed by atoms with Crippen LogP contribution in [0, 0.1) is 6.92 Å². The van der Waals surface area contributed by atoms with Gasteiger partial charge in [-0.25, -0.2) is 4.98 Å². The zero-order valence-electron chi connectivity index (χ0n) is 15.4. The second-order valence-corrected chi connectivity index (χ2v) is 6.78. The van der Waals surface area contributed by atoms with Gasteiger partial charge in [-0.3, -0.25) is 4.79 Å². The second kappa shape index (κ2) is 7.12. The molecule has 0 saturated heterocycles. The number of halogens is 3. The number of para-hydroxylation sites is 1. The summed E-state index contributed by atoms with van der Waals surface area (Å²) in [6.45, 7) is 1.74. The Bertz CT molecular complexity index is 1190. The Balaban J connectivity index is 1.48. The van der Waals surface area contributed by atoms with Crippen molar-refractivity contribution in [2.75, 3.05) is 5.32 Å². The van der Waals surface area contributed by atoms with Crippen molar-refractivity contribution in [3.63, 3.8) is 0 Å². The zero-order valence-corrected chi connectivity index (χ0v) is 15.4. The zero-order chi connectivity index (χ0) is 20.6. The molecule has 0 radical (unpaired) electrons. The molecule has 1 amide bonds. The smallest absolute Gasteiger partial charge is 0.359 e. The van der Waals surface area contributed by atoms with Crippen LogP contribution in [-0.4, -0.2) is 20.4 Å². The summed E-state index contributed by atoms with van der Waals surface area (Å²) in [7, 11) is 0. The molecular formula is C21H17F3N4O. The van der Waals surface area contributed by atoms with Gasteiger partial charge in [-0.15, -0.1) is 0 Å². The van der Waals surface area contributed by atoms with Gasteiger partial charge >= 0.3 is 6.18 Å². The predicted octanol–water partition coefficient (Wildman–Crippen LogP) is 4.99. The number of anilines is 1. The number of imidazole rings is 1.